The predicted octanol–water partition coefficient (Wildman–Crippen LogP) is 5.46. The Bertz CT molecular complexity index is 1290. The van der Waals surface area contributed by atoms with Gasteiger partial charge in [-0.05, 0) is 28.8 Å². The Hall–Kier alpha value is -4.91. The van der Waals surface area contributed by atoms with Crippen LogP contribution in [-0.4, -0.2) is 23.0 Å². The number of benzene rings is 4. The monoisotopic (exact) mass is 496 g/mol. The summed E-state index contributed by atoms with van der Waals surface area (Å²) in [6, 6.07) is 29.3. The fraction of sp³-hybridized carbons (Fsp3) is 0.100. The number of aromatic hydroxyl groups is 1. The van der Waals surface area contributed by atoms with Gasteiger partial charge in [0.15, 0.2) is 0 Å². The molecule has 0 aliphatic rings. The predicted molar refractivity (Wildman–Crippen MR) is 135 cm³/mol. The number of rotatable bonds is 9. The second kappa shape index (κ2) is 12.2. The third kappa shape index (κ3) is 6.82. The molecule has 7 heteroatoms. The number of hydrogen-bond acceptors (Lipinski definition) is 7. The van der Waals surface area contributed by atoms with Gasteiger partial charge >= 0.3 is 17.9 Å². The maximum Gasteiger partial charge on any atom is 0.342 e. The molecule has 7 nitrogen and oxygen atoms in total. The molecular weight excluding hydrogens is 472 g/mol. The molecular formula is C30H24O7. The molecule has 0 heterocycles. The Morgan fingerprint density at radius 1 is 0.514 bits per heavy atom. The highest BCUT2D eigenvalue weighted by Gasteiger charge is 2.25. The Morgan fingerprint density at radius 3 is 1.19 bits per heavy atom. The molecule has 0 aliphatic carbocycles. The Balaban J connectivity index is 1.58. The van der Waals surface area contributed by atoms with Gasteiger partial charge in [-0.15, -0.1) is 0 Å². The smallest absolute Gasteiger partial charge is 0.342 e. The summed E-state index contributed by atoms with van der Waals surface area (Å²) >= 11 is 0. The molecule has 0 unspecified atom stereocenters. The fourth-order valence-electron chi connectivity index (χ4n) is 3.47. The molecule has 0 amide bonds. The zero-order valence-corrected chi connectivity index (χ0v) is 19.8. The molecule has 0 saturated carbocycles. The van der Waals surface area contributed by atoms with Gasteiger partial charge in [-0.2, -0.15) is 0 Å². The van der Waals surface area contributed by atoms with Gasteiger partial charge in [0.25, 0.3) is 0 Å². The lowest BCUT2D eigenvalue weighted by Crippen LogP contribution is -2.14. The molecule has 0 saturated heterocycles. The van der Waals surface area contributed by atoms with Gasteiger partial charge in [0, 0.05) is 0 Å². The Labute approximate surface area is 213 Å². The summed E-state index contributed by atoms with van der Waals surface area (Å²) in [5.74, 6) is -3.24. The number of phenolic OH excluding ortho intramolecular Hbond substituents is 1. The van der Waals surface area contributed by atoms with Crippen LogP contribution in [0.25, 0.3) is 0 Å². The van der Waals surface area contributed by atoms with Crippen LogP contribution in [0.1, 0.15) is 47.8 Å². The van der Waals surface area contributed by atoms with Crippen LogP contribution in [0.15, 0.2) is 103 Å². The van der Waals surface area contributed by atoms with Crippen molar-refractivity contribution in [1.82, 2.24) is 0 Å². The van der Waals surface area contributed by atoms with E-state index in [9.17, 15) is 19.5 Å². The lowest BCUT2D eigenvalue weighted by Gasteiger charge is -2.13. The van der Waals surface area contributed by atoms with Crippen molar-refractivity contribution in [2.75, 3.05) is 0 Å². The minimum atomic E-state index is -0.906. The summed E-state index contributed by atoms with van der Waals surface area (Å²) < 4.78 is 16.0. The first-order valence-electron chi connectivity index (χ1n) is 11.5. The van der Waals surface area contributed by atoms with E-state index in [1.807, 2.05) is 30.3 Å². The van der Waals surface area contributed by atoms with Crippen molar-refractivity contribution in [3.05, 3.63) is 137 Å². The first-order chi connectivity index (χ1) is 18.0. The second-order valence-electron chi connectivity index (χ2n) is 8.11. The van der Waals surface area contributed by atoms with Crippen LogP contribution in [0, 0.1) is 0 Å². The van der Waals surface area contributed by atoms with E-state index >= 15 is 0 Å². The van der Waals surface area contributed by atoms with Crippen LogP contribution in [0.4, 0.5) is 0 Å². The van der Waals surface area contributed by atoms with E-state index in [1.165, 1.54) is 0 Å². The first-order valence-corrected chi connectivity index (χ1v) is 11.5. The van der Waals surface area contributed by atoms with Gasteiger partial charge in [-0.1, -0.05) is 91.0 Å². The summed E-state index contributed by atoms with van der Waals surface area (Å²) in [6.45, 7) is -0.132. The topological polar surface area (TPSA) is 99.1 Å². The van der Waals surface area contributed by atoms with Crippen LogP contribution < -0.4 is 0 Å². The minimum absolute atomic E-state index is 0.0118. The number of phenols is 1. The van der Waals surface area contributed by atoms with Crippen molar-refractivity contribution in [3.63, 3.8) is 0 Å². The van der Waals surface area contributed by atoms with Crippen LogP contribution in [-0.2, 0) is 34.0 Å². The number of carbonyl (C=O) groups excluding carboxylic acids is 3. The molecule has 0 aliphatic heterocycles. The standard InChI is InChI=1S/C30H24O7/c31-27-25(29(33)36-19-22-12-6-2-7-13-22)16-24(28(32)35-18-21-10-4-1-5-11-21)17-26(27)30(34)37-20-23-14-8-3-9-15-23/h1-17,31H,18-20H2. The molecule has 0 radical (unpaired) electrons. The summed E-state index contributed by atoms with van der Waals surface area (Å²) in [4.78, 5) is 38.6. The number of esters is 3. The molecule has 1 N–H and O–H groups in total. The molecule has 4 rings (SSSR count). The van der Waals surface area contributed by atoms with E-state index in [-0.39, 0.29) is 36.5 Å². The molecule has 0 spiro atoms. The highest BCUT2D eigenvalue weighted by atomic mass is 16.5. The second-order valence-corrected chi connectivity index (χ2v) is 8.11. The summed E-state index contributed by atoms with van der Waals surface area (Å²) in [6.07, 6.45) is 0. The van der Waals surface area contributed by atoms with Gasteiger partial charge in [-0.3, -0.25) is 0 Å². The van der Waals surface area contributed by atoms with Crippen molar-refractivity contribution in [2.45, 2.75) is 19.8 Å². The number of ether oxygens (including phenoxy) is 3. The lowest BCUT2D eigenvalue weighted by atomic mass is 10.0. The van der Waals surface area contributed by atoms with Crippen LogP contribution in [0.2, 0.25) is 0 Å². The maximum absolute atomic E-state index is 12.9. The largest absolute Gasteiger partial charge is 0.506 e. The third-order valence-electron chi connectivity index (χ3n) is 5.42. The quantitative estimate of drug-likeness (QED) is 0.243. The molecule has 4 aromatic carbocycles. The van der Waals surface area contributed by atoms with Crippen molar-refractivity contribution in [2.24, 2.45) is 0 Å². The Morgan fingerprint density at radius 2 is 0.838 bits per heavy atom. The van der Waals surface area contributed by atoms with Gasteiger partial charge < -0.3 is 19.3 Å². The van der Waals surface area contributed by atoms with E-state index in [2.05, 4.69) is 0 Å². The summed E-state index contributed by atoms with van der Waals surface area (Å²) in [5.41, 5.74) is 1.42. The maximum atomic E-state index is 12.9. The van der Waals surface area contributed by atoms with Gasteiger partial charge in [0.1, 0.15) is 36.7 Å². The number of carbonyl (C=O) groups is 3. The van der Waals surface area contributed by atoms with Crippen LogP contribution in [0.5, 0.6) is 5.75 Å². The fourth-order valence-corrected chi connectivity index (χ4v) is 3.47. The van der Waals surface area contributed by atoms with E-state index in [0.29, 0.717) is 0 Å². The number of hydrogen-bond donors (Lipinski definition) is 1. The molecule has 4 aromatic rings. The van der Waals surface area contributed by atoms with Gasteiger partial charge in [0.05, 0.1) is 5.56 Å². The molecule has 0 fully saturated rings. The lowest BCUT2D eigenvalue weighted by molar-refractivity contribution is 0.0462. The summed E-state index contributed by atoms with van der Waals surface area (Å²) in [7, 11) is 0. The van der Waals surface area contributed by atoms with Crippen LogP contribution >= 0.6 is 0 Å². The molecule has 186 valence electrons. The molecule has 0 atom stereocenters. The van der Waals surface area contributed by atoms with E-state index in [4.69, 9.17) is 14.2 Å². The van der Waals surface area contributed by atoms with Gasteiger partial charge in [-0.25, -0.2) is 14.4 Å². The SMILES string of the molecule is O=C(OCc1ccccc1)c1cc(C(=O)OCc2ccccc2)c(O)c(C(=O)OCc2ccccc2)c1. The third-order valence-corrected chi connectivity index (χ3v) is 5.42. The average Bonchev–Trinajstić information content (AvgIpc) is 2.95. The molecule has 0 bridgehead atoms. The van der Waals surface area contributed by atoms with E-state index in [0.717, 1.165) is 28.8 Å². The highest BCUT2D eigenvalue weighted by Crippen LogP contribution is 2.28. The average molecular weight is 497 g/mol. The zero-order chi connectivity index (χ0) is 26.0. The Kier molecular flexibility index (Phi) is 8.29. The van der Waals surface area contributed by atoms with Gasteiger partial charge in [0.2, 0.25) is 0 Å². The minimum Gasteiger partial charge on any atom is -0.506 e. The highest BCUT2D eigenvalue weighted by molar-refractivity contribution is 6.04. The molecule has 37 heavy (non-hydrogen) atoms. The van der Waals surface area contributed by atoms with Crippen molar-refractivity contribution < 1.29 is 33.7 Å². The van der Waals surface area contributed by atoms with Crippen molar-refractivity contribution >= 4 is 17.9 Å². The van der Waals surface area contributed by atoms with Crippen LogP contribution in [0.3, 0.4) is 0 Å². The normalized spacial score (nSPS) is 10.4. The zero-order valence-electron chi connectivity index (χ0n) is 19.8. The van der Waals surface area contributed by atoms with E-state index in [1.54, 1.807) is 60.7 Å². The molecule has 0 aromatic heterocycles. The van der Waals surface area contributed by atoms with Crippen molar-refractivity contribution in [3.8, 4) is 5.75 Å². The first kappa shape index (κ1) is 25.2. The summed E-state index contributed by atoms with van der Waals surface area (Å²) in [5, 5.41) is 10.8. The van der Waals surface area contributed by atoms with E-state index < -0.39 is 23.7 Å². The van der Waals surface area contributed by atoms with Crippen molar-refractivity contribution in [1.29, 1.82) is 0 Å².